The lowest BCUT2D eigenvalue weighted by atomic mass is 9.96. The van der Waals surface area contributed by atoms with Crippen LogP contribution < -0.4 is 11.3 Å². The molecule has 0 spiro atoms. The van der Waals surface area contributed by atoms with Gasteiger partial charge in [0.05, 0.1) is 0 Å². The summed E-state index contributed by atoms with van der Waals surface area (Å²) in [6, 6.07) is 0.484. The fraction of sp³-hybridized carbons (Fsp3) is 1.00. The second kappa shape index (κ2) is 5.56. The van der Waals surface area contributed by atoms with Gasteiger partial charge in [-0.25, -0.2) is 0 Å². The van der Waals surface area contributed by atoms with Gasteiger partial charge in [0.25, 0.3) is 0 Å². The summed E-state index contributed by atoms with van der Waals surface area (Å²) in [7, 11) is 0. The summed E-state index contributed by atoms with van der Waals surface area (Å²) in [6.07, 6.45) is 2.44. The van der Waals surface area contributed by atoms with Gasteiger partial charge in [0.1, 0.15) is 0 Å². The Hall–Kier alpha value is -0.0800. The van der Waals surface area contributed by atoms with E-state index < -0.39 is 0 Å². The summed E-state index contributed by atoms with van der Waals surface area (Å²) in [4.78, 5) is 0. The molecule has 0 saturated carbocycles. The van der Waals surface area contributed by atoms with Gasteiger partial charge in [0.2, 0.25) is 0 Å². The molecule has 11 heavy (non-hydrogen) atoms. The van der Waals surface area contributed by atoms with E-state index in [0.717, 1.165) is 5.92 Å². The Morgan fingerprint density at radius 2 is 1.64 bits per heavy atom. The third kappa shape index (κ3) is 5.22. The summed E-state index contributed by atoms with van der Waals surface area (Å²) in [5.74, 6) is 6.83. The van der Waals surface area contributed by atoms with Gasteiger partial charge in [-0.2, -0.15) is 0 Å². The van der Waals surface area contributed by atoms with Crippen molar-refractivity contribution in [1.82, 2.24) is 5.43 Å². The van der Waals surface area contributed by atoms with E-state index in [-0.39, 0.29) is 0 Å². The number of nitrogens with two attached hydrogens (primary N) is 1. The quantitative estimate of drug-likeness (QED) is 0.474. The molecule has 2 nitrogen and oxygen atoms in total. The van der Waals surface area contributed by atoms with E-state index in [9.17, 15) is 0 Å². The molecule has 0 fully saturated rings. The molecule has 0 aliphatic heterocycles. The molecule has 0 aromatic heterocycles. The standard InChI is InChI=1S/C9H22N2/c1-7(2)5-6-9(11-10)8(3)4/h7-9,11H,5-6,10H2,1-4H3. The molecule has 3 N–H and O–H groups in total. The normalized spacial score (nSPS) is 14.5. The second-order valence-corrected chi connectivity index (χ2v) is 3.99. The zero-order valence-electron chi connectivity index (χ0n) is 8.22. The number of rotatable bonds is 5. The average Bonchev–Trinajstić information content (AvgIpc) is 1.87. The van der Waals surface area contributed by atoms with Gasteiger partial charge in [-0.1, -0.05) is 27.7 Å². The Kier molecular flexibility index (Phi) is 5.51. The van der Waals surface area contributed by atoms with E-state index in [4.69, 9.17) is 5.84 Å². The van der Waals surface area contributed by atoms with Gasteiger partial charge >= 0.3 is 0 Å². The van der Waals surface area contributed by atoms with Gasteiger partial charge in [0, 0.05) is 6.04 Å². The van der Waals surface area contributed by atoms with E-state index in [1.165, 1.54) is 12.8 Å². The Morgan fingerprint density at radius 1 is 1.09 bits per heavy atom. The molecule has 68 valence electrons. The Labute approximate surface area is 70.5 Å². The van der Waals surface area contributed by atoms with E-state index in [0.29, 0.717) is 12.0 Å². The highest BCUT2D eigenvalue weighted by atomic mass is 15.2. The molecule has 0 heterocycles. The van der Waals surface area contributed by atoms with Crippen molar-refractivity contribution in [2.45, 2.75) is 46.6 Å². The van der Waals surface area contributed by atoms with Crippen LogP contribution in [0.5, 0.6) is 0 Å². The third-order valence-corrected chi connectivity index (χ3v) is 2.07. The lowest BCUT2D eigenvalue weighted by Gasteiger charge is -2.20. The van der Waals surface area contributed by atoms with Crippen molar-refractivity contribution < 1.29 is 0 Å². The first-order chi connectivity index (χ1) is 5.07. The van der Waals surface area contributed by atoms with Gasteiger partial charge in [-0.3, -0.25) is 11.3 Å². The van der Waals surface area contributed by atoms with Gasteiger partial charge in [0.15, 0.2) is 0 Å². The predicted octanol–water partition coefficient (Wildman–Crippen LogP) is 1.91. The fourth-order valence-corrected chi connectivity index (χ4v) is 1.12. The molecular formula is C9H22N2. The minimum Gasteiger partial charge on any atom is -0.271 e. The highest BCUT2D eigenvalue weighted by Gasteiger charge is 2.10. The summed E-state index contributed by atoms with van der Waals surface area (Å²) in [5, 5.41) is 0. The fourth-order valence-electron chi connectivity index (χ4n) is 1.12. The zero-order chi connectivity index (χ0) is 8.85. The van der Waals surface area contributed by atoms with Crippen molar-refractivity contribution in [2.24, 2.45) is 17.7 Å². The lowest BCUT2D eigenvalue weighted by Crippen LogP contribution is -2.39. The van der Waals surface area contributed by atoms with Gasteiger partial charge in [-0.15, -0.1) is 0 Å². The van der Waals surface area contributed by atoms with Crippen LogP contribution in [0.15, 0.2) is 0 Å². The molecule has 0 bridgehead atoms. The van der Waals surface area contributed by atoms with Crippen LogP contribution in [0.3, 0.4) is 0 Å². The molecule has 1 atom stereocenters. The maximum Gasteiger partial charge on any atom is 0.0233 e. The molecule has 0 rings (SSSR count). The number of hydrogen-bond donors (Lipinski definition) is 2. The van der Waals surface area contributed by atoms with Crippen molar-refractivity contribution in [3.05, 3.63) is 0 Å². The minimum atomic E-state index is 0.484. The lowest BCUT2D eigenvalue weighted by molar-refractivity contribution is 0.356. The van der Waals surface area contributed by atoms with Gasteiger partial charge < -0.3 is 0 Å². The molecular weight excluding hydrogens is 136 g/mol. The zero-order valence-corrected chi connectivity index (χ0v) is 8.22. The van der Waals surface area contributed by atoms with Crippen LogP contribution in [-0.4, -0.2) is 6.04 Å². The second-order valence-electron chi connectivity index (χ2n) is 3.99. The van der Waals surface area contributed by atoms with Crippen molar-refractivity contribution >= 4 is 0 Å². The molecule has 0 amide bonds. The Bertz CT molecular complexity index is 89.6. The molecule has 0 radical (unpaired) electrons. The molecule has 2 heteroatoms. The molecule has 1 unspecified atom stereocenters. The van der Waals surface area contributed by atoms with Crippen molar-refractivity contribution in [3.8, 4) is 0 Å². The first kappa shape index (κ1) is 10.9. The first-order valence-electron chi connectivity index (χ1n) is 4.54. The van der Waals surface area contributed by atoms with Gasteiger partial charge in [-0.05, 0) is 24.7 Å². The molecule has 0 aliphatic carbocycles. The third-order valence-electron chi connectivity index (χ3n) is 2.07. The Morgan fingerprint density at radius 3 is 1.91 bits per heavy atom. The highest BCUT2D eigenvalue weighted by molar-refractivity contribution is 4.67. The van der Waals surface area contributed by atoms with E-state index in [2.05, 4.69) is 33.1 Å². The summed E-state index contributed by atoms with van der Waals surface area (Å²) in [6.45, 7) is 8.89. The average molecular weight is 158 g/mol. The molecule has 0 aromatic carbocycles. The SMILES string of the molecule is CC(C)CCC(NN)C(C)C. The monoisotopic (exact) mass is 158 g/mol. The van der Waals surface area contributed by atoms with Crippen LogP contribution in [0.1, 0.15) is 40.5 Å². The van der Waals surface area contributed by atoms with Crippen molar-refractivity contribution in [2.75, 3.05) is 0 Å². The highest BCUT2D eigenvalue weighted by Crippen LogP contribution is 2.11. The van der Waals surface area contributed by atoms with E-state index >= 15 is 0 Å². The summed E-state index contributed by atoms with van der Waals surface area (Å²) < 4.78 is 0. The maximum absolute atomic E-state index is 5.41. The smallest absolute Gasteiger partial charge is 0.0233 e. The number of hydrazine groups is 1. The number of nitrogens with one attached hydrogen (secondary N) is 1. The summed E-state index contributed by atoms with van der Waals surface area (Å²) in [5.41, 5.74) is 2.86. The van der Waals surface area contributed by atoms with Crippen LogP contribution in [0.2, 0.25) is 0 Å². The topological polar surface area (TPSA) is 38.0 Å². The van der Waals surface area contributed by atoms with Crippen LogP contribution >= 0.6 is 0 Å². The molecule has 0 saturated heterocycles. The van der Waals surface area contributed by atoms with Crippen LogP contribution in [0.25, 0.3) is 0 Å². The maximum atomic E-state index is 5.41. The molecule has 0 aromatic rings. The number of hydrogen-bond acceptors (Lipinski definition) is 2. The van der Waals surface area contributed by atoms with E-state index in [1.807, 2.05) is 0 Å². The minimum absolute atomic E-state index is 0.484. The van der Waals surface area contributed by atoms with Crippen LogP contribution in [0, 0.1) is 11.8 Å². The summed E-state index contributed by atoms with van der Waals surface area (Å²) >= 11 is 0. The predicted molar refractivity (Wildman–Crippen MR) is 50.0 cm³/mol. The molecule has 0 aliphatic rings. The van der Waals surface area contributed by atoms with Crippen LogP contribution in [-0.2, 0) is 0 Å². The largest absolute Gasteiger partial charge is 0.271 e. The van der Waals surface area contributed by atoms with Crippen LogP contribution in [0.4, 0.5) is 0 Å². The van der Waals surface area contributed by atoms with Crippen molar-refractivity contribution in [3.63, 3.8) is 0 Å². The van der Waals surface area contributed by atoms with E-state index in [1.54, 1.807) is 0 Å². The first-order valence-corrected chi connectivity index (χ1v) is 4.54. The Balaban J connectivity index is 3.52. The van der Waals surface area contributed by atoms with Crippen molar-refractivity contribution in [1.29, 1.82) is 0 Å².